The van der Waals surface area contributed by atoms with Crippen molar-refractivity contribution >= 4 is 11.9 Å². The lowest BCUT2D eigenvalue weighted by Gasteiger charge is -2.39. The van der Waals surface area contributed by atoms with Crippen LogP contribution in [-0.2, 0) is 4.74 Å². The summed E-state index contributed by atoms with van der Waals surface area (Å²) in [6, 6.07) is 11.7. The molecule has 0 radical (unpaired) electrons. The van der Waals surface area contributed by atoms with Crippen molar-refractivity contribution in [3.05, 3.63) is 59.7 Å². The van der Waals surface area contributed by atoms with Crippen LogP contribution in [0.15, 0.2) is 48.5 Å². The minimum Gasteiger partial charge on any atom is -0.497 e. The maximum atomic E-state index is 12.6. The van der Waals surface area contributed by atoms with E-state index in [0.717, 1.165) is 5.56 Å². The molecule has 1 aliphatic rings. The second-order valence-corrected chi connectivity index (χ2v) is 7.15. The monoisotopic (exact) mass is 446 g/mol. The summed E-state index contributed by atoms with van der Waals surface area (Å²) in [6.45, 7) is -0.574. The average molecular weight is 446 g/mol. The van der Waals surface area contributed by atoms with Crippen molar-refractivity contribution in [2.75, 3.05) is 20.8 Å². The van der Waals surface area contributed by atoms with Crippen LogP contribution in [-0.4, -0.2) is 77.7 Å². The number of hydrogen-bond donors (Lipinski definition) is 4. The van der Waals surface area contributed by atoms with E-state index in [9.17, 15) is 25.2 Å². The Hall–Kier alpha value is -2.95. The summed E-state index contributed by atoms with van der Waals surface area (Å²) in [7, 11) is 2.96. The van der Waals surface area contributed by atoms with E-state index >= 15 is 0 Å². The minimum atomic E-state index is -1.57. The molecule has 172 valence electrons. The molecular weight excluding hydrogens is 420 g/mol. The van der Waals surface area contributed by atoms with Crippen molar-refractivity contribution < 1.29 is 44.2 Å². The molecule has 1 saturated heterocycles. The summed E-state index contributed by atoms with van der Waals surface area (Å²) in [4.78, 5) is 12.6. The summed E-state index contributed by atoms with van der Waals surface area (Å²) in [6.07, 6.45) is -3.99. The zero-order valence-corrected chi connectivity index (χ0v) is 17.6. The molecule has 1 fully saturated rings. The van der Waals surface area contributed by atoms with Crippen molar-refractivity contribution in [2.45, 2.75) is 30.7 Å². The maximum Gasteiger partial charge on any atom is 0.229 e. The standard InChI is InChI=1S/C23H26O9/c1-29-15-7-3-13(4-8-15)5-9-16(25)14-6-10-17(18(11-14)30-2)31-23-22(28)21(27)20(26)19(12-24)32-23/h3-11,19-24,26-28H,12H2,1-2H3/t19-,20-,21+,22-,23-/m1/s1. The number of carbonyl (C=O) groups excluding carboxylic acids is 1. The highest BCUT2D eigenvalue weighted by atomic mass is 16.7. The number of allylic oxidation sites excluding steroid dienone is 1. The Morgan fingerprint density at radius 2 is 1.69 bits per heavy atom. The van der Waals surface area contributed by atoms with Crippen LogP contribution in [0.4, 0.5) is 0 Å². The van der Waals surface area contributed by atoms with E-state index in [2.05, 4.69) is 0 Å². The van der Waals surface area contributed by atoms with Gasteiger partial charge < -0.3 is 39.4 Å². The molecule has 9 nitrogen and oxygen atoms in total. The van der Waals surface area contributed by atoms with E-state index < -0.39 is 37.3 Å². The first-order valence-electron chi connectivity index (χ1n) is 9.89. The lowest BCUT2D eigenvalue weighted by atomic mass is 9.99. The number of aliphatic hydroxyl groups is 4. The van der Waals surface area contributed by atoms with E-state index in [1.807, 2.05) is 12.1 Å². The van der Waals surface area contributed by atoms with Gasteiger partial charge in [0.1, 0.15) is 30.2 Å². The molecule has 9 heteroatoms. The Bertz CT molecular complexity index is 939. The average Bonchev–Trinajstić information content (AvgIpc) is 2.83. The van der Waals surface area contributed by atoms with Crippen LogP contribution in [0.1, 0.15) is 15.9 Å². The number of methoxy groups -OCH3 is 2. The second kappa shape index (κ2) is 10.6. The Morgan fingerprint density at radius 1 is 0.969 bits per heavy atom. The van der Waals surface area contributed by atoms with Gasteiger partial charge in [-0.25, -0.2) is 0 Å². The fraction of sp³-hybridized carbons (Fsp3) is 0.348. The normalized spacial score (nSPS) is 25.5. The number of hydrogen-bond acceptors (Lipinski definition) is 9. The van der Waals surface area contributed by atoms with Crippen LogP contribution in [0.3, 0.4) is 0 Å². The summed E-state index contributed by atoms with van der Waals surface area (Å²) < 4.78 is 21.3. The van der Waals surface area contributed by atoms with Gasteiger partial charge in [0.15, 0.2) is 17.3 Å². The van der Waals surface area contributed by atoms with E-state index in [-0.39, 0.29) is 17.3 Å². The van der Waals surface area contributed by atoms with Gasteiger partial charge in [-0.3, -0.25) is 4.79 Å². The second-order valence-electron chi connectivity index (χ2n) is 7.15. The van der Waals surface area contributed by atoms with Crippen LogP contribution in [0.25, 0.3) is 6.08 Å². The topological polar surface area (TPSA) is 135 Å². The van der Waals surface area contributed by atoms with E-state index in [1.54, 1.807) is 25.3 Å². The van der Waals surface area contributed by atoms with Gasteiger partial charge in [0.2, 0.25) is 6.29 Å². The van der Waals surface area contributed by atoms with Crippen LogP contribution in [0.5, 0.6) is 17.2 Å². The van der Waals surface area contributed by atoms with Crippen molar-refractivity contribution in [1.29, 1.82) is 0 Å². The van der Waals surface area contributed by atoms with Crippen molar-refractivity contribution in [3.8, 4) is 17.2 Å². The summed E-state index contributed by atoms with van der Waals surface area (Å²) in [5, 5.41) is 39.2. The molecule has 1 heterocycles. The highest BCUT2D eigenvalue weighted by Crippen LogP contribution is 2.32. The van der Waals surface area contributed by atoms with Crippen molar-refractivity contribution in [1.82, 2.24) is 0 Å². The van der Waals surface area contributed by atoms with Crippen LogP contribution in [0.2, 0.25) is 0 Å². The van der Waals surface area contributed by atoms with Gasteiger partial charge in [-0.05, 0) is 42.0 Å². The highest BCUT2D eigenvalue weighted by Gasteiger charge is 2.44. The Balaban J connectivity index is 1.73. The first kappa shape index (κ1) is 23.7. The third-order valence-electron chi connectivity index (χ3n) is 5.08. The van der Waals surface area contributed by atoms with Gasteiger partial charge in [-0.1, -0.05) is 18.2 Å². The Labute approximate surface area is 185 Å². The van der Waals surface area contributed by atoms with Gasteiger partial charge in [0.05, 0.1) is 20.8 Å². The predicted octanol–water partition coefficient (Wildman–Crippen LogP) is 0.779. The van der Waals surface area contributed by atoms with E-state index in [4.69, 9.17) is 18.9 Å². The van der Waals surface area contributed by atoms with Gasteiger partial charge in [0.25, 0.3) is 0 Å². The van der Waals surface area contributed by atoms with Crippen LogP contribution >= 0.6 is 0 Å². The van der Waals surface area contributed by atoms with Gasteiger partial charge in [-0.2, -0.15) is 0 Å². The van der Waals surface area contributed by atoms with Gasteiger partial charge >= 0.3 is 0 Å². The molecule has 3 rings (SSSR count). The number of benzene rings is 2. The molecule has 2 aromatic rings. The Morgan fingerprint density at radius 3 is 2.31 bits per heavy atom. The molecule has 2 aromatic carbocycles. The zero-order chi connectivity index (χ0) is 23.3. The predicted molar refractivity (Wildman–Crippen MR) is 114 cm³/mol. The van der Waals surface area contributed by atoms with Crippen molar-refractivity contribution in [2.24, 2.45) is 0 Å². The number of rotatable bonds is 8. The molecule has 0 aromatic heterocycles. The zero-order valence-electron chi connectivity index (χ0n) is 17.6. The molecule has 5 atom stereocenters. The molecule has 4 N–H and O–H groups in total. The molecule has 0 amide bonds. The number of ether oxygens (including phenoxy) is 4. The molecule has 0 bridgehead atoms. The van der Waals surface area contributed by atoms with E-state index in [1.165, 1.54) is 31.4 Å². The first-order valence-corrected chi connectivity index (χ1v) is 9.89. The molecule has 0 spiro atoms. The van der Waals surface area contributed by atoms with Crippen LogP contribution in [0, 0.1) is 0 Å². The molecule has 0 aliphatic carbocycles. The third kappa shape index (κ3) is 5.26. The Kier molecular flexibility index (Phi) is 7.84. The minimum absolute atomic E-state index is 0.146. The van der Waals surface area contributed by atoms with Gasteiger partial charge in [-0.15, -0.1) is 0 Å². The summed E-state index contributed by atoms with van der Waals surface area (Å²) in [5.41, 5.74) is 1.17. The van der Waals surface area contributed by atoms with Crippen LogP contribution < -0.4 is 14.2 Å². The van der Waals surface area contributed by atoms with E-state index in [0.29, 0.717) is 11.3 Å². The molecule has 1 aliphatic heterocycles. The third-order valence-corrected chi connectivity index (χ3v) is 5.08. The van der Waals surface area contributed by atoms with Crippen molar-refractivity contribution in [3.63, 3.8) is 0 Å². The fourth-order valence-electron chi connectivity index (χ4n) is 3.19. The molecule has 0 saturated carbocycles. The van der Waals surface area contributed by atoms with Gasteiger partial charge in [0, 0.05) is 5.56 Å². The lowest BCUT2D eigenvalue weighted by Crippen LogP contribution is -2.60. The number of aliphatic hydroxyl groups excluding tert-OH is 4. The number of carbonyl (C=O) groups is 1. The first-order chi connectivity index (χ1) is 15.4. The highest BCUT2D eigenvalue weighted by molar-refractivity contribution is 6.07. The molecule has 0 unspecified atom stereocenters. The maximum absolute atomic E-state index is 12.6. The summed E-state index contributed by atoms with van der Waals surface area (Å²) in [5.74, 6) is 0.796. The SMILES string of the molecule is COc1ccc(C=CC(=O)c2ccc(O[C@@H]3O[C@H](CO)[C@@H](O)[C@H](O)[C@H]3O)c(OC)c2)cc1. The quantitative estimate of drug-likeness (QED) is 0.343. The number of ketones is 1. The molecule has 32 heavy (non-hydrogen) atoms. The lowest BCUT2D eigenvalue weighted by molar-refractivity contribution is -0.277. The fourth-order valence-corrected chi connectivity index (χ4v) is 3.19. The largest absolute Gasteiger partial charge is 0.497 e. The summed E-state index contributed by atoms with van der Waals surface area (Å²) >= 11 is 0. The molecular formula is C23H26O9. The smallest absolute Gasteiger partial charge is 0.229 e.